The van der Waals surface area contributed by atoms with Crippen LogP contribution >= 0.6 is 0 Å². The molecule has 1 heterocycles. The maximum absolute atomic E-state index is 12.8. The van der Waals surface area contributed by atoms with Crippen LogP contribution in [-0.2, 0) is 11.3 Å². The van der Waals surface area contributed by atoms with Gasteiger partial charge in [-0.25, -0.2) is 14.8 Å². The normalized spacial score (nSPS) is 11.1. The minimum Gasteiger partial charge on any atom is -0.289 e. The summed E-state index contributed by atoms with van der Waals surface area (Å²) < 4.78 is 14.0. The summed E-state index contributed by atoms with van der Waals surface area (Å²) in [5, 5.41) is 4.25. The second-order valence-electron chi connectivity index (χ2n) is 5.54. The first-order valence-corrected chi connectivity index (χ1v) is 7.56. The Morgan fingerprint density at radius 1 is 1.28 bits per heavy atom. The molecule has 0 aliphatic rings. The molecule has 0 fully saturated rings. The molecule has 0 atom stereocenters. The van der Waals surface area contributed by atoms with E-state index in [1.807, 2.05) is 13.0 Å². The van der Waals surface area contributed by atoms with Gasteiger partial charge in [0.25, 0.3) is 11.5 Å². The molecule has 7 heteroatoms. The first kappa shape index (κ1) is 16.5. The number of hydrogen-bond donors (Lipinski definition) is 1. The van der Waals surface area contributed by atoms with Crippen molar-refractivity contribution in [2.45, 2.75) is 13.5 Å². The number of carbonyl (C=O) groups is 1. The number of benzene rings is 2. The van der Waals surface area contributed by atoms with Crippen molar-refractivity contribution in [1.82, 2.24) is 15.0 Å². The molecule has 3 aromatic rings. The number of carbonyl (C=O) groups excluding carboxylic acids is 1. The fourth-order valence-corrected chi connectivity index (χ4v) is 2.30. The zero-order valence-corrected chi connectivity index (χ0v) is 13.4. The second-order valence-corrected chi connectivity index (χ2v) is 5.54. The van der Waals surface area contributed by atoms with E-state index in [0.29, 0.717) is 16.5 Å². The highest BCUT2D eigenvalue weighted by atomic mass is 19.1. The predicted molar refractivity (Wildman–Crippen MR) is 92.9 cm³/mol. The molecule has 3 rings (SSSR count). The molecule has 0 radical (unpaired) electrons. The van der Waals surface area contributed by atoms with Crippen LogP contribution in [0.25, 0.3) is 10.9 Å². The van der Waals surface area contributed by atoms with E-state index in [9.17, 15) is 14.0 Å². The Morgan fingerprint density at radius 2 is 2.04 bits per heavy atom. The van der Waals surface area contributed by atoms with Crippen molar-refractivity contribution in [3.8, 4) is 0 Å². The lowest BCUT2D eigenvalue weighted by Crippen LogP contribution is -2.30. The van der Waals surface area contributed by atoms with Crippen molar-refractivity contribution < 1.29 is 9.18 Å². The van der Waals surface area contributed by atoms with Crippen LogP contribution in [0.3, 0.4) is 0 Å². The van der Waals surface area contributed by atoms with Gasteiger partial charge in [0.2, 0.25) is 0 Å². The lowest BCUT2D eigenvalue weighted by atomic mass is 10.2. The molecule has 0 bridgehead atoms. The van der Waals surface area contributed by atoms with Crippen LogP contribution in [0.1, 0.15) is 11.1 Å². The zero-order valence-electron chi connectivity index (χ0n) is 13.4. The van der Waals surface area contributed by atoms with Gasteiger partial charge in [-0.3, -0.25) is 14.2 Å². The van der Waals surface area contributed by atoms with Crippen LogP contribution in [0.5, 0.6) is 0 Å². The quantitative estimate of drug-likeness (QED) is 0.584. The molecular formula is C18H15FN4O2. The SMILES string of the molecule is Cc1ccc2ncn(CC(=O)N/N=C/c3ccc(F)cc3)c(=O)c2c1. The van der Waals surface area contributed by atoms with E-state index in [-0.39, 0.29) is 17.9 Å². The van der Waals surface area contributed by atoms with Gasteiger partial charge >= 0.3 is 0 Å². The van der Waals surface area contributed by atoms with Gasteiger partial charge in [-0.15, -0.1) is 0 Å². The Kier molecular flexibility index (Phi) is 4.65. The molecular weight excluding hydrogens is 323 g/mol. The fourth-order valence-electron chi connectivity index (χ4n) is 2.30. The zero-order chi connectivity index (χ0) is 17.8. The number of rotatable bonds is 4. The van der Waals surface area contributed by atoms with Gasteiger partial charge in [0.15, 0.2) is 0 Å². The number of hydrazone groups is 1. The third kappa shape index (κ3) is 3.95. The van der Waals surface area contributed by atoms with Gasteiger partial charge in [0.05, 0.1) is 23.4 Å². The van der Waals surface area contributed by atoms with Gasteiger partial charge in [0, 0.05) is 0 Å². The number of hydrogen-bond acceptors (Lipinski definition) is 4. The lowest BCUT2D eigenvalue weighted by Gasteiger charge is -2.06. The highest BCUT2D eigenvalue weighted by molar-refractivity contribution is 5.82. The van der Waals surface area contributed by atoms with E-state index in [0.717, 1.165) is 5.56 Å². The number of aromatic nitrogens is 2. The molecule has 0 spiro atoms. The van der Waals surface area contributed by atoms with Crippen LogP contribution in [0, 0.1) is 12.7 Å². The maximum atomic E-state index is 12.8. The topological polar surface area (TPSA) is 76.3 Å². The Hall–Kier alpha value is -3.35. The molecule has 126 valence electrons. The summed E-state index contributed by atoms with van der Waals surface area (Å²) in [6.45, 7) is 1.68. The lowest BCUT2D eigenvalue weighted by molar-refractivity contribution is -0.121. The summed E-state index contributed by atoms with van der Waals surface area (Å²) >= 11 is 0. The van der Waals surface area contributed by atoms with E-state index in [4.69, 9.17) is 0 Å². The van der Waals surface area contributed by atoms with E-state index < -0.39 is 5.91 Å². The predicted octanol–water partition coefficient (Wildman–Crippen LogP) is 1.99. The average molecular weight is 338 g/mol. The molecule has 0 saturated heterocycles. The number of fused-ring (bicyclic) bond motifs is 1. The Labute approximate surface area is 142 Å². The van der Waals surface area contributed by atoms with Gasteiger partial charge in [0.1, 0.15) is 12.4 Å². The Morgan fingerprint density at radius 3 is 2.80 bits per heavy atom. The van der Waals surface area contributed by atoms with Crippen molar-refractivity contribution in [3.63, 3.8) is 0 Å². The van der Waals surface area contributed by atoms with Gasteiger partial charge in [-0.05, 0) is 36.8 Å². The first-order valence-electron chi connectivity index (χ1n) is 7.56. The van der Waals surface area contributed by atoms with Crippen LogP contribution in [-0.4, -0.2) is 21.7 Å². The molecule has 0 aliphatic carbocycles. The summed E-state index contributed by atoms with van der Waals surface area (Å²) in [7, 11) is 0. The Balaban J connectivity index is 1.70. The second kappa shape index (κ2) is 7.04. The maximum Gasteiger partial charge on any atom is 0.261 e. The van der Waals surface area contributed by atoms with E-state index in [1.165, 1.54) is 41.4 Å². The minimum absolute atomic E-state index is 0.198. The van der Waals surface area contributed by atoms with Crippen LogP contribution in [0.15, 0.2) is 58.7 Å². The highest BCUT2D eigenvalue weighted by Crippen LogP contribution is 2.08. The van der Waals surface area contributed by atoms with Crippen molar-refractivity contribution in [2.75, 3.05) is 0 Å². The summed E-state index contributed by atoms with van der Waals surface area (Å²) in [5.74, 6) is -0.811. The summed E-state index contributed by atoms with van der Waals surface area (Å²) in [6, 6.07) is 11.0. The van der Waals surface area contributed by atoms with E-state index >= 15 is 0 Å². The smallest absolute Gasteiger partial charge is 0.261 e. The van der Waals surface area contributed by atoms with Crippen molar-refractivity contribution in [3.05, 3.63) is 76.1 Å². The van der Waals surface area contributed by atoms with Crippen molar-refractivity contribution >= 4 is 23.0 Å². The molecule has 1 N–H and O–H groups in total. The van der Waals surface area contributed by atoms with Crippen LogP contribution < -0.4 is 11.0 Å². The standard InChI is InChI=1S/C18H15FN4O2/c1-12-2-7-16-15(8-12)18(25)23(11-20-16)10-17(24)22-21-9-13-3-5-14(19)6-4-13/h2-9,11H,10H2,1H3,(H,22,24)/b21-9+. The van der Waals surface area contributed by atoms with Crippen molar-refractivity contribution in [1.29, 1.82) is 0 Å². The Bertz CT molecular complexity index is 1010. The number of nitrogens with zero attached hydrogens (tertiary/aromatic N) is 3. The average Bonchev–Trinajstić information content (AvgIpc) is 2.60. The van der Waals surface area contributed by atoms with Crippen molar-refractivity contribution in [2.24, 2.45) is 5.10 Å². The monoisotopic (exact) mass is 338 g/mol. The molecule has 6 nitrogen and oxygen atoms in total. The minimum atomic E-state index is -0.464. The van der Waals surface area contributed by atoms with Crippen LogP contribution in [0.4, 0.5) is 4.39 Å². The number of nitrogens with one attached hydrogen (secondary N) is 1. The first-order chi connectivity index (χ1) is 12.0. The van der Waals surface area contributed by atoms with Gasteiger partial charge < -0.3 is 0 Å². The summed E-state index contributed by atoms with van der Waals surface area (Å²) in [6.07, 6.45) is 2.73. The van der Waals surface area contributed by atoms with Crippen LogP contribution in [0.2, 0.25) is 0 Å². The third-order valence-electron chi connectivity index (χ3n) is 3.57. The molecule has 2 aromatic carbocycles. The molecule has 0 aliphatic heterocycles. The highest BCUT2D eigenvalue weighted by Gasteiger charge is 2.07. The molecule has 0 saturated carbocycles. The fraction of sp³-hybridized carbons (Fsp3) is 0.111. The number of aryl methyl sites for hydroxylation is 1. The molecule has 1 aromatic heterocycles. The molecule has 25 heavy (non-hydrogen) atoms. The van der Waals surface area contributed by atoms with Gasteiger partial charge in [-0.2, -0.15) is 5.10 Å². The van der Waals surface area contributed by atoms with Gasteiger partial charge in [-0.1, -0.05) is 23.8 Å². The van der Waals surface area contributed by atoms with E-state index in [2.05, 4.69) is 15.5 Å². The molecule has 0 unspecified atom stereocenters. The molecule has 1 amide bonds. The summed E-state index contributed by atoms with van der Waals surface area (Å²) in [4.78, 5) is 28.5. The largest absolute Gasteiger partial charge is 0.289 e. The number of amides is 1. The number of halogens is 1. The summed E-state index contributed by atoms with van der Waals surface area (Å²) in [5.41, 5.74) is 4.21. The third-order valence-corrected chi connectivity index (χ3v) is 3.57. The van der Waals surface area contributed by atoms with E-state index in [1.54, 1.807) is 12.1 Å².